The van der Waals surface area contributed by atoms with Crippen LogP contribution in [-0.4, -0.2) is 11.6 Å². The van der Waals surface area contributed by atoms with Crippen molar-refractivity contribution >= 4 is 17.3 Å². The van der Waals surface area contributed by atoms with Crippen molar-refractivity contribution in [2.75, 3.05) is 5.01 Å². The molecule has 0 aromatic heterocycles. The summed E-state index contributed by atoms with van der Waals surface area (Å²) >= 11 is 0. The standard InChI is InChI=1S/C14H14N2O/c1-2-3-5-8-12-11-14(17)16(15-12)13-9-6-4-7-10-13/h2-10H,11H2,1H3/b3-2+,8-5+. The van der Waals surface area contributed by atoms with Crippen LogP contribution in [0.1, 0.15) is 13.3 Å². The van der Waals surface area contributed by atoms with E-state index in [1.165, 1.54) is 5.01 Å². The summed E-state index contributed by atoms with van der Waals surface area (Å²) < 4.78 is 0. The number of hydrogen-bond acceptors (Lipinski definition) is 2. The van der Waals surface area contributed by atoms with Gasteiger partial charge in [-0.1, -0.05) is 36.4 Å². The van der Waals surface area contributed by atoms with Gasteiger partial charge >= 0.3 is 0 Å². The molecule has 0 atom stereocenters. The molecule has 0 spiro atoms. The second-order valence-electron chi connectivity index (χ2n) is 3.69. The van der Waals surface area contributed by atoms with E-state index in [-0.39, 0.29) is 5.91 Å². The summed E-state index contributed by atoms with van der Waals surface area (Å²) in [5, 5.41) is 5.74. The Labute approximate surface area is 101 Å². The summed E-state index contributed by atoms with van der Waals surface area (Å²) in [4.78, 5) is 11.8. The van der Waals surface area contributed by atoms with Gasteiger partial charge in [0.2, 0.25) is 0 Å². The van der Waals surface area contributed by atoms with Gasteiger partial charge in [-0.15, -0.1) is 0 Å². The molecule has 1 aromatic rings. The first-order valence-corrected chi connectivity index (χ1v) is 5.56. The van der Waals surface area contributed by atoms with Crippen LogP contribution >= 0.6 is 0 Å². The lowest BCUT2D eigenvalue weighted by Crippen LogP contribution is -2.19. The largest absolute Gasteiger partial charge is 0.272 e. The SMILES string of the molecule is C/C=C/C=C/C1=NN(c2ccccc2)C(=O)C1. The van der Waals surface area contributed by atoms with Gasteiger partial charge in [-0.25, -0.2) is 5.01 Å². The fourth-order valence-electron chi connectivity index (χ4n) is 1.59. The summed E-state index contributed by atoms with van der Waals surface area (Å²) in [5.74, 6) is 0.0105. The van der Waals surface area contributed by atoms with E-state index in [9.17, 15) is 4.79 Å². The van der Waals surface area contributed by atoms with Gasteiger partial charge in [0.1, 0.15) is 0 Å². The number of nitrogens with zero attached hydrogens (tertiary/aromatic N) is 2. The fourth-order valence-corrected chi connectivity index (χ4v) is 1.59. The zero-order chi connectivity index (χ0) is 12.1. The maximum Gasteiger partial charge on any atom is 0.253 e. The Morgan fingerprint density at radius 3 is 2.71 bits per heavy atom. The molecular weight excluding hydrogens is 212 g/mol. The molecule has 1 aliphatic heterocycles. The molecule has 0 aliphatic carbocycles. The number of hydrogen-bond donors (Lipinski definition) is 0. The van der Waals surface area contributed by atoms with Crippen LogP contribution < -0.4 is 5.01 Å². The molecule has 2 rings (SSSR count). The molecule has 0 bridgehead atoms. The second kappa shape index (κ2) is 5.25. The summed E-state index contributed by atoms with van der Waals surface area (Å²) in [6.07, 6.45) is 7.96. The lowest BCUT2D eigenvalue weighted by molar-refractivity contribution is -0.116. The van der Waals surface area contributed by atoms with Crippen molar-refractivity contribution in [2.24, 2.45) is 5.10 Å². The van der Waals surface area contributed by atoms with Gasteiger partial charge in [-0.2, -0.15) is 5.10 Å². The van der Waals surface area contributed by atoms with Gasteiger partial charge in [0.25, 0.3) is 5.91 Å². The van der Waals surface area contributed by atoms with E-state index in [1.807, 2.05) is 61.6 Å². The smallest absolute Gasteiger partial charge is 0.253 e. The van der Waals surface area contributed by atoms with E-state index in [0.29, 0.717) is 6.42 Å². The minimum atomic E-state index is 0.0105. The highest BCUT2D eigenvalue weighted by Gasteiger charge is 2.23. The molecule has 17 heavy (non-hydrogen) atoms. The van der Waals surface area contributed by atoms with Crippen LogP contribution in [0.2, 0.25) is 0 Å². The molecule has 1 amide bonds. The van der Waals surface area contributed by atoms with Crippen molar-refractivity contribution in [1.82, 2.24) is 0 Å². The Balaban J connectivity index is 2.17. The topological polar surface area (TPSA) is 32.7 Å². The van der Waals surface area contributed by atoms with Gasteiger partial charge in [-0.05, 0) is 25.1 Å². The molecule has 0 radical (unpaired) electrons. The molecule has 1 aromatic carbocycles. The molecule has 0 unspecified atom stereocenters. The van der Waals surface area contributed by atoms with Crippen molar-refractivity contribution in [3.8, 4) is 0 Å². The van der Waals surface area contributed by atoms with Crippen molar-refractivity contribution in [3.63, 3.8) is 0 Å². The Morgan fingerprint density at radius 1 is 1.24 bits per heavy atom. The van der Waals surface area contributed by atoms with Crippen molar-refractivity contribution in [2.45, 2.75) is 13.3 Å². The first kappa shape index (κ1) is 11.3. The molecule has 0 fully saturated rings. The summed E-state index contributed by atoms with van der Waals surface area (Å²) in [7, 11) is 0. The number of amides is 1. The molecule has 0 N–H and O–H groups in total. The summed E-state index contributed by atoms with van der Waals surface area (Å²) in [6, 6.07) is 9.46. The molecular formula is C14H14N2O. The number of hydrazone groups is 1. The highest BCUT2D eigenvalue weighted by Crippen LogP contribution is 2.19. The van der Waals surface area contributed by atoms with Gasteiger partial charge in [0.05, 0.1) is 17.8 Å². The molecule has 0 saturated heterocycles. The average Bonchev–Trinajstić information content (AvgIpc) is 2.72. The molecule has 0 saturated carbocycles. The number of benzene rings is 1. The quantitative estimate of drug-likeness (QED) is 0.729. The maximum absolute atomic E-state index is 11.8. The Bertz CT molecular complexity index is 486. The molecule has 1 heterocycles. The Hall–Kier alpha value is -2.16. The van der Waals surface area contributed by atoms with E-state index in [2.05, 4.69) is 5.10 Å². The zero-order valence-electron chi connectivity index (χ0n) is 9.71. The minimum absolute atomic E-state index is 0.0105. The summed E-state index contributed by atoms with van der Waals surface area (Å²) in [6.45, 7) is 1.95. The van der Waals surface area contributed by atoms with E-state index in [1.54, 1.807) is 0 Å². The predicted molar refractivity (Wildman–Crippen MR) is 69.9 cm³/mol. The monoisotopic (exact) mass is 226 g/mol. The van der Waals surface area contributed by atoms with Gasteiger partial charge in [-0.3, -0.25) is 4.79 Å². The number of anilines is 1. The van der Waals surface area contributed by atoms with Crippen LogP contribution in [-0.2, 0) is 4.79 Å². The second-order valence-corrected chi connectivity index (χ2v) is 3.69. The predicted octanol–water partition coefficient (Wildman–Crippen LogP) is 2.91. The van der Waals surface area contributed by atoms with E-state index >= 15 is 0 Å². The number of para-hydroxylation sites is 1. The van der Waals surface area contributed by atoms with Crippen molar-refractivity contribution in [3.05, 3.63) is 54.6 Å². The number of carbonyl (C=O) groups excluding carboxylic acids is 1. The van der Waals surface area contributed by atoms with E-state index in [4.69, 9.17) is 0 Å². The van der Waals surface area contributed by atoms with Crippen LogP contribution in [0.4, 0.5) is 5.69 Å². The Morgan fingerprint density at radius 2 is 2.00 bits per heavy atom. The van der Waals surface area contributed by atoms with Crippen LogP contribution in [0.5, 0.6) is 0 Å². The van der Waals surface area contributed by atoms with E-state index < -0.39 is 0 Å². The Kier molecular flexibility index (Phi) is 3.50. The molecule has 86 valence electrons. The van der Waals surface area contributed by atoms with Gasteiger partial charge in [0.15, 0.2) is 0 Å². The van der Waals surface area contributed by atoms with Crippen LogP contribution in [0, 0.1) is 0 Å². The number of allylic oxidation sites excluding steroid dienone is 4. The maximum atomic E-state index is 11.8. The van der Waals surface area contributed by atoms with Crippen LogP contribution in [0.25, 0.3) is 0 Å². The highest BCUT2D eigenvalue weighted by atomic mass is 16.2. The normalized spacial score (nSPS) is 16.2. The lowest BCUT2D eigenvalue weighted by Gasteiger charge is -2.10. The summed E-state index contributed by atoms with van der Waals surface area (Å²) in [5.41, 5.74) is 1.60. The first-order valence-electron chi connectivity index (χ1n) is 5.56. The van der Waals surface area contributed by atoms with Crippen molar-refractivity contribution in [1.29, 1.82) is 0 Å². The fraction of sp³-hybridized carbons (Fsp3) is 0.143. The van der Waals surface area contributed by atoms with Crippen LogP contribution in [0.3, 0.4) is 0 Å². The first-order chi connectivity index (χ1) is 8.31. The van der Waals surface area contributed by atoms with Gasteiger partial charge in [0, 0.05) is 0 Å². The molecule has 3 heteroatoms. The number of rotatable bonds is 3. The number of carbonyl (C=O) groups is 1. The third-order valence-electron chi connectivity index (χ3n) is 2.39. The molecule has 1 aliphatic rings. The van der Waals surface area contributed by atoms with Gasteiger partial charge < -0.3 is 0 Å². The zero-order valence-corrected chi connectivity index (χ0v) is 9.71. The highest BCUT2D eigenvalue weighted by molar-refractivity contribution is 6.16. The van der Waals surface area contributed by atoms with E-state index in [0.717, 1.165) is 11.4 Å². The lowest BCUT2D eigenvalue weighted by atomic mass is 10.2. The minimum Gasteiger partial charge on any atom is -0.272 e. The average molecular weight is 226 g/mol. The van der Waals surface area contributed by atoms with Crippen molar-refractivity contribution < 1.29 is 4.79 Å². The third kappa shape index (κ3) is 2.69. The third-order valence-corrected chi connectivity index (χ3v) is 2.39. The molecule has 3 nitrogen and oxygen atoms in total. The van der Waals surface area contributed by atoms with Crippen LogP contribution in [0.15, 0.2) is 59.7 Å².